The van der Waals surface area contributed by atoms with Crippen molar-refractivity contribution in [1.82, 2.24) is 0 Å². The summed E-state index contributed by atoms with van der Waals surface area (Å²) in [6, 6.07) is 0. The van der Waals surface area contributed by atoms with Crippen molar-refractivity contribution in [1.29, 1.82) is 0 Å². The van der Waals surface area contributed by atoms with Gasteiger partial charge in [0.2, 0.25) is 0 Å². The fraction of sp³-hybridized carbons (Fsp3) is 0.667. The van der Waals surface area contributed by atoms with Gasteiger partial charge in [-0.15, -0.1) is 0 Å². The maximum absolute atomic E-state index is 11.0. The largest absolute Gasteiger partial charge is 0.591 e. The molecule has 0 aliphatic heterocycles. The fourth-order valence-corrected chi connectivity index (χ4v) is 0.753. The Morgan fingerprint density at radius 2 is 2.09 bits per heavy atom. The van der Waals surface area contributed by atoms with Crippen LogP contribution >= 0.6 is 0 Å². The van der Waals surface area contributed by atoms with Crippen LogP contribution in [0.25, 0.3) is 0 Å². The Morgan fingerprint density at radius 1 is 1.64 bits per heavy atom. The van der Waals surface area contributed by atoms with E-state index in [0.717, 1.165) is 0 Å². The summed E-state index contributed by atoms with van der Waals surface area (Å²) in [5.41, 5.74) is 0. The normalized spacial score (nSPS) is 15.3. The molecular weight excluding hydrogens is 166 g/mol. The standard InChI is InChI=1S/C6H11NO3S/c1-6(2,3)11(10)7-4-5(8)9/h4H,1-3H3,(H,8,9)/b7-4-/t11-/m0/s1. The summed E-state index contributed by atoms with van der Waals surface area (Å²) in [6.07, 6.45) is 0.654. The van der Waals surface area contributed by atoms with Crippen LogP contribution in [0.15, 0.2) is 4.40 Å². The van der Waals surface area contributed by atoms with Crippen LogP contribution in [0, 0.1) is 0 Å². The van der Waals surface area contributed by atoms with Crippen molar-refractivity contribution in [3.63, 3.8) is 0 Å². The molecule has 0 aromatic rings. The van der Waals surface area contributed by atoms with Crippen LogP contribution in [-0.2, 0) is 16.2 Å². The van der Waals surface area contributed by atoms with Crippen LogP contribution in [0.2, 0.25) is 0 Å². The van der Waals surface area contributed by atoms with Crippen LogP contribution < -0.4 is 0 Å². The van der Waals surface area contributed by atoms with Crippen molar-refractivity contribution in [3.05, 3.63) is 0 Å². The third-order valence-electron chi connectivity index (χ3n) is 0.783. The first kappa shape index (κ1) is 10.4. The molecule has 1 N–H and O–H groups in total. The van der Waals surface area contributed by atoms with E-state index in [-0.39, 0.29) is 0 Å². The number of carboxylic acid groups (broad SMARTS) is 1. The highest BCUT2D eigenvalue weighted by molar-refractivity contribution is 7.91. The smallest absolute Gasteiger partial charge is 0.351 e. The summed E-state index contributed by atoms with van der Waals surface area (Å²) < 4.78 is 13.9. The second-order valence-electron chi connectivity index (χ2n) is 2.93. The van der Waals surface area contributed by atoms with Gasteiger partial charge in [-0.05, 0) is 20.8 Å². The summed E-state index contributed by atoms with van der Waals surface area (Å²) in [7, 11) is 0. The highest BCUT2D eigenvalue weighted by Gasteiger charge is 2.25. The second kappa shape index (κ2) is 3.73. The maximum Gasteiger partial charge on any atom is 0.351 e. The van der Waals surface area contributed by atoms with Gasteiger partial charge in [0, 0.05) is 0 Å². The summed E-state index contributed by atoms with van der Waals surface area (Å²) in [5.74, 6) is -1.18. The van der Waals surface area contributed by atoms with Crippen LogP contribution in [-0.4, -0.2) is 26.6 Å². The van der Waals surface area contributed by atoms with E-state index in [1.165, 1.54) is 0 Å². The predicted molar refractivity (Wildman–Crippen MR) is 44.0 cm³/mol. The molecule has 0 rings (SSSR count). The number of aliphatic carboxylic acids is 1. The second-order valence-corrected chi connectivity index (χ2v) is 4.87. The molecule has 0 saturated heterocycles. The Labute approximate surface area is 68.6 Å². The molecule has 0 aliphatic carbocycles. The van der Waals surface area contributed by atoms with E-state index in [4.69, 9.17) is 5.11 Å². The number of hydrogen-bond acceptors (Lipinski definition) is 3. The monoisotopic (exact) mass is 177 g/mol. The molecule has 0 heterocycles. The van der Waals surface area contributed by atoms with Crippen LogP contribution in [0.5, 0.6) is 0 Å². The third kappa shape index (κ3) is 4.80. The van der Waals surface area contributed by atoms with Gasteiger partial charge in [0.1, 0.15) is 16.1 Å². The molecule has 11 heavy (non-hydrogen) atoms. The highest BCUT2D eigenvalue weighted by atomic mass is 32.2. The molecule has 1 atom stereocenters. The average Bonchev–Trinajstić information content (AvgIpc) is 1.80. The van der Waals surface area contributed by atoms with Crippen LogP contribution in [0.3, 0.4) is 0 Å². The number of carboxylic acids is 1. The molecule has 64 valence electrons. The lowest BCUT2D eigenvalue weighted by Crippen LogP contribution is -2.26. The van der Waals surface area contributed by atoms with E-state index in [2.05, 4.69) is 4.40 Å². The van der Waals surface area contributed by atoms with E-state index in [0.29, 0.717) is 6.21 Å². The minimum Gasteiger partial charge on any atom is -0.591 e. The third-order valence-corrected chi connectivity index (χ3v) is 2.13. The minimum atomic E-state index is -1.47. The van der Waals surface area contributed by atoms with Crippen molar-refractivity contribution in [2.24, 2.45) is 4.40 Å². The summed E-state index contributed by atoms with van der Waals surface area (Å²) in [5, 5.41) is 8.14. The zero-order valence-electron chi connectivity index (χ0n) is 6.70. The SMILES string of the molecule is CC(C)(C)[S@+]([O-])/N=C\C(=O)O. The van der Waals surface area contributed by atoms with E-state index in [1.807, 2.05) is 0 Å². The van der Waals surface area contributed by atoms with Crippen molar-refractivity contribution >= 4 is 23.5 Å². The van der Waals surface area contributed by atoms with Gasteiger partial charge in [0.15, 0.2) is 6.21 Å². The first-order valence-corrected chi connectivity index (χ1v) is 4.13. The van der Waals surface area contributed by atoms with Crippen LogP contribution in [0.4, 0.5) is 0 Å². The molecule has 0 aliphatic rings. The summed E-state index contributed by atoms with van der Waals surface area (Å²) in [6.45, 7) is 5.17. The Kier molecular flexibility index (Phi) is 3.54. The fourth-order valence-electron chi connectivity index (χ4n) is 0.251. The zero-order valence-corrected chi connectivity index (χ0v) is 7.51. The van der Waals surface area contributed by atoms with Gasteiger partial charge in [-0.3, -0.25) is 0 Å². The molecule has 0 bridgehead atoms. The Hall–Kier alpha value is -0.550. The van der Waals surface area contributed by atoms with Gasteiger partial charge in [-0.25, -0.2) is 4.79 Å². The van der Waals surface area contributed by atoms with Crippen LogP contribution in [0.1, 0.15) is 20.8 Å². The summed E-state index contributed by atoms with van der Waals surface area (Å²) in [4.78, 5) is 9.95. The molecule has 0 unspecified atom stereocenters. The van der Waals surface area contributed by atoms with E-state index < -0.39 is 22.1 Å². The van der Waals surface area contributed by atoms with Crippen molar-refractivity contribution < 1.29 is 14.5 Å². The Balaban J connectivity index is 4.07. The quantitative estimate of drug-likeness (QED) is 0.496. The van der Waals surface area contributed by atoms with Gasteiger partial charge in [0.25, 0.3) is 0 Å². The molecule has 5 heteroatoms. The lowest BCUT2D eigenvalue weighted by molar-refractivity contribution is -0.128. The van der Waals surface area contributed by atoms with Crippen molar-refractivity contribution in [2.45, 2.75) is 25.5 Å². The Bertz CT molecular complexity index is 173. The molecule has 0 radical (unpaired) electrons. The number of hydrogen-bond donors (Lipinski definition) is 1. The molecular formula is C6H11NO3S. The highest BCUT2D eigenvalue weighted by Crippen LogP contribution is 2.15. The molecule has 0 amide bonds. The van der Waals surface area contributed by atoms with Gasteiger partial charge in [-0.1, -0.05) is 4.40 Å². The van der Waals surface area contributed by atoms with Gasteiger partial charge in [-0.2, -0.15) is 0 Å². The average molecular weight is 177 g/mol. The topological polar surface area (TPSA) is 72.7 Å². The van der Waals surface area contributed by atoms with Gasteiger partial charge >= 0.3 is 5.97 Å². The lowest BCUT2D eigenvalue weighted by atomic mass is 10.3. The first-order valence-electron chi connectivity index (χ1n) is 3.03. The molecule has 0 aromatic carbocycles. The van der Waals surface area contributed by atoms with Gasteiger partial charge < -0.3 is 9.66 Å². The lowest BCUT2D eigenvalue weighted by Gasteiger charge is -2.17. The number of nitrogens with zero attached hydrogens (tertiary/aromatic N) is 1. The van der Waals surface area contributed by atoms with Gasteiger partial charge in [0.05, 0.1) is 0 Å². The molecule has 0 saturated carbocycles. The predicted octanol–water partition coefficient (Wildman–Crippen LogP) is 0.604. The van der Waals surface area contributed by atoms with Crippen molar-refractivity contribution in [2.75, 3.05) is 0 Å². The summed E-state index contributed by atoms with van der Waals surface area (Å²) >= 11 is -1.47. The van der Waals surface area contributed by atoms with E-state index >= 15 is 0 Å². The number of carbonyl (C=O) groups is 1. The van der Waals surface area contributed by atoms with E-state index in [9.17, 15) is 9.35 Å². The van der Waals surface area contributed by atoms with Crippen molar-refractivity contribution in [3.8, 4) is 0 Å². The number of rotatable bonds is 2. The molecule has 4 nitrogen and oxygen atoms in total. The first-order chi connectivity index (χ1) is 4.84. The Morgan fingerprint density at radius 3 is 2.36 bits per heavy atom. The maximum atomic E-state index is 11.0. The molecule has 0 fully saturated rings. The molecule has 0 aromatic heterocycles. The van der Waals surface area contributed by atoms with E-state index in [1.54, 1.807) is 20.8 Å². The minimum absolute atomic E-state index is 0.494. The molecule has 0 spiro atoms. The zero-order chi connectivity index (χ0) is 9.07.